The number of nitrogens with zero attached hydrogens (tertiary/aromatic N) is 1. The van der Waals surface area contributed by atoms with E-state index >= 15 is 0 Å². The summed E-state index contributed by atoms with van der Waals surface area (Å²) in [6.07, 6.45) is 1.69. The quantitative estimate of drug-likeness (QED) is 0.704. The maximum Gasteiger partial charge on any atom is 0.254 e. The molecular weight excluding hydrogens is 316 g/mol. The van der Waals surface area contributed by atoms with E-state index in [2.05, 4.69) is 9.97 Å². The van der Waals surface area contributed by atoms with Gasteiger partial charge in [-0.25, -0.2) is 4.98 Å². The van der Waals surface area contributed by atoms with Crippen molar-refractivity contribution in [3.05, 3.63) is 99.7 Å². The molecule has 25 heavy (non-hydrogen) atoms. The van der Waals surface area contributed by atoms with Gasteiger partial charge in [-0.05, 0) is 11.1 Å². The molecule has 5 heteroatoms. The molecule has 0 radical (unpaired) electrons. The highest BCUT2D eigenvalue weighted by atomic mass is 16.1. The van der Waals surface area contributed by atoms with Crippen LogP contribution in [0, 0.1) is 0 Å². The average molecular weight is 332 g/mol. The number of aromatic amines is 1. The summed E-state index contributed by atoms with van der Waals surface area (Å²) in [5, 5.41) is 0. The maximum absolute atomic E-state index is 13.0. The topological polar surface area (TPSA) is 79.9 Å². The zero-order valence-corrected chi connectivity index (χ0v) is 13.4. The van der Waals surface area contributed by atoms with Gasteiger partial charge < -0.3 is 4.98 Å². The van der Waals surface area contributed by atoms with E-state index in [0.29, 0.717) is 6.29 Å². The number of nitrogens with one attached hydrogen (secondary N) is 1. The third kappa shape index (κ3) is 3.77. The summed E-state index contributed by atoms with van der Waals surface area (Å²) in [6.45, 7) is 0. The lowest BCUT2D eigenvalue weighted by molar-refractivity contribution is -0.119. The van der Waals surface area contributed by atoms with Gasteiger partial charge in [0.25, 0.3) is 5.56 Å². The van der Waals surface area contributed by atoms with E-state index in [9.17, 15) is 14.4 Å². The molecule has 0 spiro atoms. The summed E-state index contributed by atoms with van der Waals surface area (Å²) in [5.74, 6) is -0.625. The summed E-state index contributed by atoms with van der Waals surface area (Å²) in [6, 6.07) is 18.9. The molecule has 5 nitrogen and oxygen atoms in total. The zero-order valence-electron chi connectivity index (χ0n) is 13.4. The first kappa shape index (κ1) is 16.5. The molecule has 0 saturated carbocycles. The van der Waals surface area contributed by atoms with Crippen LogP contribution in [0.3, 0.4) is 0 Å². The van der Waals surface area contributed by atoms with E-state index < -0.39 is 11.5 Å². The lowest BCUT2D eigenvalue weighted by atomic mass is 9.85. The van der Waals surface area contributed by atoms with Crippen molar-refractivity contribution in [1.29, 1.82) is 0 Å². The minimum Gasteiger partial charge on any atom is -0.304 e. The highest BCUT2D eigenvalue weighted by molar-refractivity contribution is 5.90. The maximum atomic E-state index is 13.0. The summed E-state index contributed by atoms with van der Waals surface area (Å²) >= 11 is 0. The first-order valence-electron chi connectivity index (χ1n) is 7.85. The minimum atomic E-state index is -0.467. The van der Waals surface area contributed by atoms with Crippen LogP contribution in [0.15, 0.2) is 71.7 Å². The Labute approximate surface area is 144 Å². The van der Waals surface area contributed by atoms with Gasteiger partial charge in [0.2, 0.25) is 0 Å². The molecule has 124 valence electrons. The predicted octanol–water partition coefficient (Wildman–Crippen LogP) is 2.53. The third-order valence-corrected chi connectivity index (χ3v) is 3.96. The van der Waals surface area contributed by atoms with Gasteiger partial charge in [0.05, 0.1) is 5.92 Å². The summed E-state index contributed by atoms with van der Waals surface area (Å²) in [4.78, 5) is 41.9. The van der Waals surface area contributed by atoms with Gasteiger partial charge in [-0.2, -0.15) is 0 Å². The lowest BCUT2D eigenvalue weighted by Crippen LogP contribution is -2.23. The second kappa shape index (κ2) is 7.49. The number of rotatable bonds is 6. The number of Topliss-reactive ketones (excluding diaryl/α,β-unsaturated/α-hetero) is 1. The van der Waals surface area contributed by atoms with E-state index in [1.807, 2.05) is 60.7 Å². The van der Waals surface area contributed by atoms with Crippen molar-refractivity contribution in [2.75, 3.05) is 0 Å². The first-order chi connectivity index (χ1) is 12.2. The number of carbonyl (C=O) groups is 2. The normalized spacial score (nSPS) is 10.6. The molecule has 0 unspecified atom stereocenters. The van der Waals surface area contributed by atoms with Gasteiger partial charge in [0.1, 0.15) is 5.78 Å². The van der Waals surface area contributed by atoms with Crippen molar-refractivity contribution in [1.82, 2.24) is 9.97 Å². The number of ketones is 1. The fourth-order valence-corrected chi connectivity index (χ4v) is 2.77. The first-order valence-corrected chi connectivity index (χ1v) is 7.85. The largest absolute Gasteiger partial charge is 0.304 e. The van der Waals surface area contributed by atoms with Crippen LogP contribution in [0.25, 0.3) is 0 Å². The molecule has 0 bridgehead atoms. The smallest absolute Gasteiger partial charge is 0.254 e. The highest BCUT2D eigenvalue weighted by Gasteiger charge is 2.23. The van der Waals surface area contributed by atoms with Crippen LogP contribution in [0.5, 0.6) is 0 Å². The van der Waals surface area contributed by atoms with Crippen LogP contribution in [-0.4, -0.2) is 22.0 Å². The van der Waals surface area contributed by atoms with E-state index in [-0.39, 0.29) is 23.6 Å². The molecule has 3 rings (SSSR count). The van der Waals surface area contributed by atoms with E-state index in [0.717, 1.165) is 11.1 Å². The summed E-state index contributed by atoms with van der Waals surface area (Å²) in [5.41, 5.74) is 1.51. The molecule has 0 fully saturated rings. The average Bonchev–Trinajstić information content (AvgIpc) is 2.65. The number of H-pyrrole nitrogens is 1. The van der Waals surface area contributed by atoms with Crippen molar-refractivity contribution >= 4 is 12.1 Å². The Morgan fingerprint density at radius 2 is 1.56 bits per heavy atom. The molecule has 1 N–H and O–H groups in total. The van der Waals surface area contributed by atoms with Gasteiger partial charge in [-0.1, -0.05) is 60.7 Å². The van der Waals surface area contributed by atoms with E-state index in [4.69, 9.17) is 0 Å². The van der Waals surface area contributed by atoms with Gasteiger partial charge in [0, 0.05) is 18.2 Å². The molecule has 0 atom stereocenters. The second-order valence-corrected chi connectivity index (χ2v) is 5.64. The van der Waals surface area contributed by atoms with Gasteiger partial charge in [0.15, 0.2) is 12.1 Å². The van der Waals surface area contributed by atoms with Crippen molar-refractivity contribution in [2.45, 2.75) is 12.3 Å². The zero-order chi connectivity index (χ0) is 17.6. The van der Waals surface area contributed by atoms with Crippen LogP contribution in [-0.2, 0) is 11.2 Å². The molecule has 0 saturated heterocycles. The molecule has 0 aliphatic heterocycles. The Bertz CT molecular complexity index is 894. The molecule has 0 amide bonds. The number of benzene rings is 2. The molecule has 3 aromatic rings. The van der Waals surface area contributed by atoms with Crippen molar-refractivity contribution in [3.8, 4) is 0 Å². The van der Waals surface area contributed by atoms with Crippen LogP contribution < -0.4 is 5.56 Å². The molecule has 1 heterocycles. The third-order valence-electron chi connectivity index (χ3n) is 3.96. The Morgan fingerprint density at radius 3 is 2.04 bits per heavy atom. The van der Waals surface area contributed by atoms with E-state index in [1.54, 1.807) is 0 Å². The number of carbonyl (C=O) groups excluding carboxylic acids is 2. The van der Waals surface area contributed by atoms with Crippen LogP contribution >= 0.6 is 0 Å². The van der Waals surface area contributed by atoms with Crippen LogP contribution in [0.1, 0.15) is 33.2 Å². The fourth-order valence-electron chi connectivity index (χ4n) is 2.77. The van der Waals surface area contributed by atoms with Crippen molar-refractivity contribution in [3.63, 3.8) is 0 Å². The van der Waals surface area contributed by atoms with Crippen LogP contribution in [0.4, 0.5) is 0 Å². The SMILES string of the molecule is O=Cc1ncc(CC(=O)C(c2ccccc2)c2ccccc2)c(=O)[nH]1. The standard InChI is InChI=1S/C20H16N2O3/c23-13-18-21-12-16(20(25)22-18)11-17(24)19(14-7-3-1-4-8-14)15-9-5-2-6-10-15/h1-10,12-13,19H,11H2,(H,21,22,25). The van der Waals surface area contributed by atoms with Gasteiger partial charge in [-0.3, -0.25) is 14.4 Å². The molecule has 1 aromatic heterocycles. The Hall–Kier alpha value is -3.34. The number of aromatic nitrogens is 2. The van der Waals surface area contributed by atoms with Crippen molar-refractivity contribution in [2.24, 2.45) is 0 Å². The molecule has 0 aliphatic carbocycles. The van der Waals surface area contributed by atoms with Crippen LogP contribution in [0.2, 0.25) is 0 Å². The Balaban J connectivity index is 1.95. The minimum absolute atomic E-state index is 0.0520. The fraction of sp³-hybridized carbons (Fsp3) is 0.100. The summed E-state index contributed by atoms with van der Waals surface area (Å²) in [7, 11) is 0. The molecular formula is C20H16N2O3. The number of hydrogen-bond acceptors (Lipinski definition) is 4. The van der Waals surface area contributed by atoms with Crippen molar-refractivity contribution < 1.29 is 9.59 Å². The molecule has 0 aliphatic rings. The Morgan fingerprint density at radius 1 is 1.00 bits per heavy atom. The van der Waals surface area contributed by atoms with E-state index in [1.165, 1.54) is 6.20 Å². The van der Waals surface area contributed by atoms with Gasteiger partial charge in [-0.15, -0.1) is 0 Å². The second-order valence-electron chi connectivity index (χ2n) is 5.64. The highest BCUT2D eigenvalue weighted by Crippen LogP contribution is 2.26. The lowest BCUT2D eigenvalue weighted by Gasteiger charge is -2.17. The monoisotopic (exact) mass is 332 g/mol. The number of hydrogen-bond donors (Lipinski definition) is 1. The van der Waals surface area contributed by atoms with Gasteiger partial charge >= 0.3 is 0 Å². The Kier molecular flexibility index (Phi) is 4.95. The number of aldehydes is 1. The predicted molar refractivity (Wildman–Crippen MR) is 93.7 cm³/mol. The summed E-state index contributed by atoms with van der Waals surface area (Å²) < 4.78 is 0. The molecule has 2 aromatic carbocycles.